The van der Waals surface area contributed by atoms with Crippen LogP contribution in [0.1, 0.15) is 32.3 Å². The molecule has 2 heterocycles. The second-order valence-corrected chi connectivity index (χ2v) is 6.05. The number of imidazole rings is 1. The summed E-state index contributed by atoms with van der Waals surface area (Å²) in [5.74, 6) is 0.669. The van der Waals surface area contributed by atoms with Crippen molar-refractivity contribution in [2.75, 3.05) is 11.9 Å². The number of hydrogen-bond donors (Lipinski definition) is 1. The van der Waals surface area contributed by atoms with Crippen molar-refractivity contribution in [2.24, 2.45) is 7.05 Å². The lowest BCUT2D eigenvalue weighted by Crippen LogP contribution is -2.31. The zero-order chi connectivity index (χ0) is 15.5. The molecule has 0 aliphatic heterocycles. The molecule has 1 N–H and O–H groups in total. The first-order valence-corrected chi connectivity index (χ1v) is 7.66. The van der Waals surface area contributed by atoms with E-state index in [0.29, 0.717) is 18.8 Å². The van der Waals surface area contributed by atoms with Crippen molar-refractivity contribution in [3.05, 3.63) is 29.3 Å². The maximum Gasteiger partial charge on any atom is 0.317 e. The molecule has 0 radical (unpaired) electrons. The lowest BCUT2D eigenvalue weighted by atomic mass is 9.90. The monoisotopic (exact) mass is 308 g/mol. The molecule has 0 spiro atoms. The summed E-state index contributed by atoms with van der Waals surface area (Å²) in [5.41, 5.74) is -0.0244. The topological polar surface area (TPSA) is 69.0 Å². The number of hydrogen-bond acceptors (Lipinski definition) is 6. The van der Waals surface area contributed by atoms with Gasteiger partial charge in [0.1, 0.15) is 11.2 Å². The smallest absolute Gasteiger partial charge is 0.317 e. The van der Waals surface area contributed by atoms with Gasteiger partial charge in [-0.05, 0) is 20.8 Å². The lowest BCUT2D eigenvalue weighted by molar-refractivity contribution is -0.148. The summed E-state index contributed by atoms with van der Waals surface area (Å²) >= 11 is 1.47. The summed E-state index contributed by atoms with van der Waals surface area (Å²) in [6, 6.07) is 0. The number of nitrogens with one attached hydrogen (secondary N) is 1. The van der Waals surface area contributed by atoms with E-state index in [2.05, 4.69) is 15.3 Å². The summed E-state index contributed by atoms with van der Waals surface area (Å²) in [6.07, 6.45) is 3.66. The highest BCUT2D eigenvalue weighted by Gasteiger charge is 2.33. The SMILES string of the molecule is CCOC(=O)C(C)(C)c1csc(NCc2nccn2C)n1. The van der Waals surface area contributed by atoms with Gasteiger partial charge in [0.15, 0.2) is 5.13 Å². The molecule has 0 fully saturated rings. The molecule has 0 atom stereocenters. The highest BCUT2D eigenvalue weighted by Crippen LogP contribution is 2.28. The second-order valence-electron chi connectivity index (χ2n) is 5.19. The van der Waals surface area contributed by atoms with Crippen LogP contribution in [0, 0.1) is 0 Å². The summed E-state index contributed by atoms with van der Waals surface area (Å²) < 4.78 is 7.05. The molecule has 6 nitrogen and oxygen atoms in total. The van der Waals surface area contributed by atoms with Crippen molar-refractivity contribution in [1.82, 2.24) is 14.5 Å². The van der Waals surface area contributed by atoms with Crippen LogP contribution in [0.25, 0.3) is 0 Å². The van der Waals surface area contributed by atoms with E-state index in [1.54, 1.807) is 13.1 Å². The van der Waals surface area contributed by atoms with Crippen LogP contribution in [-0.4, -0.2) is 27.1 Å². The fourth-order valence-corrected chi connectivity index (χ4v) is 2.66. The van der Waals surface area contributed by atoms with Gasteiger partial charge >= 0.3 is 5.97 Å². The molecule has 0 saturated heterocycles. The second kappa shape index (κ2) is 6.26. The normalized spacial score (nSPS) is 11.4. The van der Waals surface area contributed by atoms with Crippen LogP contribution in [0.15, 0.2) is 17.8 Å². The van der Waals surface area contributed by atoms with E-state index < -0.39 is 5.41 Å². The third-order valence-corrected chi connectivity index (χ3v) is 4.05. The van der Waals surface area contributed by atoms with Gasteiger partial charge in [0, 0.05) is 24.8 Å². The van der Waals surface area contributed by atoms with Crippen molar-refractivity contribution in [2.45, 2.75) is 32.7 Å². The van der Waals surface area contributed by atoms with E-state index >= 15 is 0 Å². The minimum absolute atomic E-state index is 0.258. The van der Waals surface area contributed by atoms with Crippen LogP contribution in [-0.2, 0) is 28.5 Å². The largest absolute Gasteiger partial charge is 0.465 e. The molecule has 0 unspecified atom stereocenters. The Labute approximate surface area is 128 Å². The highest BCUT2D eigenvalue weighted by molar-refractivity contribution is 7.13. The molecule has 0 aromatic carbocycles. The van der Waals surface area contributed by atoms with E-state index in [0.717, 1.165) is 11.0 Å². The van der Waals surface area contributed by atoms with Crippen LogP contribution in [0.4, 0.5) is 5.13 Å². The van der Waals surface area contributed by atoms with E-state index in [9.17, 15) is 4.79 Å². The van der Waals surface area contributed by atoms with Crippen LogP contribution in [0.5, 0.6) is 0 Å². The fourth-order valence-electron chi connectivity index (χ4n) is 1.78. The average Bonchev–Trinajstić information content (AvgIpc) is 3.06. The summed E-state index contributed by atoms with van der Waals surface area (Å²) in [7, 11) is 1.95. The molecule has 0 bridgehead atoms. The van der Waals surface area contributed by atoms with Gasteiger partial charge in [-0.3, -0.25) is 4.79 Å². The number of ether oxygens (including phenoxy) is 1. The molecular formula is C14H20N4O2S. The quantitative estimate of drug-likeness (QED) is 0.830. The Kier molecular flexibility index (Phi) is 4.62. The van der Waals surface area contributed by atoms with E-state index in [-0.39, 0.29) is 5.97 Å². The van der Waals surface area contributed by atoms with Crippen LogP contribution >= 0.6 is 11.3 Å². The molecule has 114 valence electrons. The molecule has 2 aromatic heterocycles. The number of aromatic nitrogens is 3. The van der Waals surface area contributed by atoms with Crippen LogP contribution in [0.2, 0.25) is 0 Å². The van der Waals surface area contributed by atoms with Gasteiger partial charge in [-0.1, -0.05) is 0 Å². The third kappa shape index (κ3) is 3.41. The number of nitrogens with zero attached hydrogens (tertiary/aromatic N) is 3. The standard InChI is InChI=1S/C14H20N4O2S/c1-5-20-12(19)14(2,3)10-9-21-13(17-10)16-8-11-15-6-7-18(11)4/h6-7,9H,5,8H2,1-4H3,(H,16,17). The number of thiazole rings is 1. The number of rotatable bonds is 6. The van der Waals surface area contributed by atoms with E-state index in [4.69, 9.17) is 4.74 Å². The molecule has 21 heavy (non-hydrogen) atoms. The van der Waals surface area contributed by atoms with Gasteiger partial charge in [0.25, 0.3) is 0 Å². The molecule has 7 heteroatoms. The average molecular weight is 308 g/mol. The molecule has 0 aliphatic rings. The van der Waals surface area contributed by atoms with Gasteiger partial charge in [-0.25, -0.2) is 9.97 Å². The number of carbonyl (C=O) groups is 1. The number of esters is 1. The molecule has 0 amide bonds. The number of carbonyl (C=O) groups excluding carboxylic acids is 1. The van der Waals surface area contributed by atoms with Crippen molar-refractivity contribution in [1.29, 1.82) is 0 Å². The van der Waals surface area contributed by atoms with Gasteiger partial charge in [-0.2, -0.15) is 0 Å². The van der Waals surface area contributed by atoms with E-state index in [1.165, 1.54) is 11.3 Å². The summed E-state index contributed by atoms with van der Waals surface area (Å²) in [5, 5.41) is 5.88. The third-order valence-electron chi connectivity index (χ3n) is 3.25. The molecular weight excluding hydrogens is 288 g/mol. The first kappa shape index (κ1) is 15.5. The van der Waals surface area contributed by atoms with Crippen LogP contribution in [0.3, 0.4) is 0 Å². The minimum atomic E-state index is -0.740. The first-order chi connectivity index (χ1) is 9.95. The Morgan fingerprint density at radius 1 is 1.52 bits per heavy atom. The zero-order valence-electron chi connectivity index (χ0n) is 12.7. The van der Waals surface area contributed by atoms with Crippen LogP contribution < -0.4 is 5.32 Å². The summed E-state index contributed by atoms with van der Waals surface area (Å²) in [4.78, 5) is 20.7. The number of aryl methyl sites for hydroxylation is 1. The zero-order valence-corrected chi connectivity index (χ0v) is 13.5. The first-order valence-electron chi connectivity index (χ1n) is 6.78. The van der Waals surface area contributed by atoms with Gasteiger partial charge in [0.2, 0.25) is 0 Å². The van der Waals surface area contributed by atoms with E-state index in [1.807, 2.05) is 37.0 Å². The summed E-state index contributed by atoms with van der Waals surface area (Å²) in [6.45, 7) is 6.41. The van der Waals surface area contributed by atoms with Gasteiger partial charge < -0.3 is 14.6 Å². The Morgan fingerprint density at radius 2 is 2.29 bits per heavy atom. The van der Waals surface area contributed by atoms with Gasteiger partial charge in [0.05, 0.1) is 18.8 Å². The molecule has 0 aliphatic carbocycles. The predicted molar refractivity (Wildman–Crippen MR) is 82.3 cm³/mol. The Balaban J connectivity index is 2.04. The molecule has 0 saturated carbocycles. The predicted octanol–water partition coefficient (Wildman–Crippen LogP) is 2.33. The Bertz CT molecular complexity index is 618. The maximum atomic E-state index is 12.0. The number of anilines is 1. The van der Waals surface area contributed by atoms with Gasteiger partial charge in [-0.15, -0.1) is 11.3 Å². The van der Waals surface area contributed by atoms with Crippen molar-refractivity contribution in [3.63, 3.8) is 0 Å². The minimum Gasteiger partial charge on any atom is -0.465 e. The molecule has 2 aromatic rings. The Morgan fingerprint density at radius 3 is 2.90 bits per heavy atom. The highest BCUT2D eigenvalue weighted by atomic mass is 32.1. The lowest BCUT2D eigenvalue weighted by Gasteiger charge is -2.19. The maximum absolute atomic E-state index is 12.0. The fraction of sp³-hybridized carbons (Fsp3) is 0.500. The Hall–Kier alpha value is -1.89. The van der Waals surface area contributed by atoms with Crippen molar-refractivity contribution in [3.8, 4) is 0 Å². The van der Waals surface area contributed by atoms with Crippen molar-refractivity contribution >= 4 is 22.4 Å². The van der Waals surface area contributed by atoms with Crippen molar-refractivity contribution < 1.29 is 9.53 Å². The molecule has 2 rings (SSSR count).